The minimum atomic E-state index is -1.46. The molecule has 3 nitrogen and oxygen atoms in total. The molecule has 0 aliphatic rings. The maximum atomic E-state index is 10.6. The molecule has 0 saturated heterocycles. The molecule has 2 N–H and O–H groups in total. The Morgan fingerprint density at radius 3 is 2.79 bits per heavy atom. The first-order valence-corrected chi connectivity index (χ1v) is 4.93. The van der Waals surface area contributed by atoms with Gasteiger partial charge in [0.15, 0.2) is 6.29 Å². The first kappa shape index (κ1) is 9.39. The molecule has 1 heterocycles. The van der Waals surface area contributed by atoms with Crippen molar-refractivity contribution in [1.82, 2.24) is 0 Å². The van der Waals surface area contributed by atoms with Crippen LogP contribution >= 0.6 is 11.3 Å². The number of aldehydes is 1. The van der Waals surface area contributed by atoms with Crippen molar-refractivity contribution in [2.45, 2.75) is 0 Å². The summed E-state index contributed by atoms with van der Waals surface area (Å²) in [4.78, 5) is 10.6. The maximum Gasteiger partial charge on any atom is 0.488 e. The normalized spacial score (nSPS) is 10.4. The van der Waals surface area contributed by atoms with Crippen LogP contribution in [0.25, 0.3) is 10.1 Å². The molecule has 0 atom stereocenters. The number of carbonyl (C=O) groups is 1. The van der Waals surface area contributed by atoms with Gasteiger partial charge in [-0.3, -0.25) is 4.79 Å². The number of fused-ring (bicyclic) bond motifs is 1. The standard InChI is InChI=1S/C9H7BO3S/c11-4-6-5-14-9-3-7(10(12)13)1-2-8(6)9/h1-5,12-13H. The van der Waals surface area contributed by atoms with Crippen LogP contribution < -0.4 is 5.46 Å². The first-order valence-electron chi connectivity index (χ1n) is 4.05. The molecular weight excluding hydrogens is 199 g/mol. The van der Waals surface area contributed by atoms with E-state index in [1.807, 2.05) is 0 Å². The number of hydrogen-bond acceptors (Lipinski definition) is 4. The van der Waals surface area contributed by atoms with Crippen molar-refractivity contribution in [2.24, 2.45) is 0 Å². The summed E-state index contributed by atoms with van der Waals surface area (Å²) < 4.78 is 0.887. The molecule has 5 heteroatoms. The fourth-order valence-corrected chi connectivity index (χ4v) is 2.27. The van der Waals surface area contributed by atoms with Crippen molar-refractivity contribution in [1.29, 1.82) is 0 Å². The minimum absolute atomic E-state index is 0.441. The Balaban J connectivity index is 2.63. The molecule has 70 valence electrons. The summed E-state index contributed by atoms with van der Waals surface area (Å²) in [7, 11) is -1.46. The molecule has 0 amide bonds. The van der Waals surface area contributed by atoms with Gasteiger partial charge in [0.05, 0.1) is 0 Å². The third-order valence-corrected chi connectivity index (χ3v) is 3.02. The molecule has 2 aromatic rings. The highest BCUT2D eigenvalue weighted by atomic mass is 32.1. The molecule has 0 aliphatic heterocycles. The van der Waals surface area contributed by atoms with Crippen LogP contribution in [0.15, 0.2) is 23.6 Å². The van der Waals surface area contributed by atoms with Crippen LogP contribution in [0.1, 0.15) is 10.4 Å². The van der Waals surface area contributed by atoms with Gasteiger partial charge in [-0.2, -0.15) is 0 Å². The predicted octanol–water partition coefficient (Wildman–Crippen LogP) is 0.394. The SMILES string of the molecule is O=Cc1csc2cc(B(O)O)ccc12. The van der Waals surface area contributed by atoms with Gasteiger partial charge in [0.1, 0.15) is 0 Å². The zero-order valence-electron chi connectivity index (χ0n) is 7.18. The summed E-state index contributed by atoms with van der Waals surface area (Å²) in [6.45, 7) is 0. The van der Waals surface area contributed by atoms with Crippen molar-refractivity contribution in [3.05, 3.63) is 29.1 Å². The van der Waals surface area contributed by atoms with Crippen LogP contribution in [0.2, 0.25) is 0 Å². The van der Waals surface area contributed by atoms with Crippen LogP contribution in [0.3, 0.4) is 0 Å². The van der Waals surface area contributed by atoms with E-state index in [1.165, 1.54) is 11.3 Å². The van der Waals surface area contributed by atoms with Crippen molar-refractivity contribution in [2.75, 3.05) is 0 Å². The number of rotatable bonds is 2. The van der Waals surface area contributed by atoms with Gasteiger partial charge in [-0.1, -0.05) is 12.1 Å². The highest BCUT2D eigenvalue weighted by Crippen LogP contribution is 2.23. The summed E-state index contributed by atoms with van der Waals surface area (Å²) in [6, 6.07) is 5.01. The second-order valence-corrected chi connectivity index (χ2v) is 3.85. The third kappa shape index (κ3) is 1.46. The predicted molar refractivity (Wildman–Crippen MR) is 57.0 cm³/mol. The van der Waals surface area contributed by atoms with Crippen molar-refractivity contribution < 1.29 is 14.8 Å². The van der Waals surface area contributed by atoms with Crippen molar-refractivity contribution in [3.63, 3.8) is 0 Å². The summed E-state index contributed by atoms with van der Waals surface area (Å²) in [5.41, 5.74) is 1.08. The molecule has 0 spiro atoms. The number of hydrogen-bond donors (Lipinski definition) is 2. The van der Waals surface area contributed by atoms with Crippen molar-refractivity contribution >= 4 is 40.3 Å². The van der Waals surface area contributed by atoms with Crippen LogP contribution in [0.4, 0.5) is 0 Å². The smallest absolute Gasteiger partial charge is 0.423 e. The van der Waals surface area contributed by atoms with Crippen LogP contribution in [-0.2, 0) is 0 Å². The van der Waals surface area contributed by atoms with E-state index >= 15 is 0 Å². The van der Waals surface area contributed by atoms with Crippen LogP contribution in [0, 0.1) is 0 Å². The van der Waals surface area contributed by atoms with Crippen LogP contribution in [0.5, 0.6) is 0 Å². The third-order valence-electron chi connectivity index (χ3n) is 2.05. The van der Waals surface area contributed by atoms with Gasteiger partial charge >= 0.3 is 7.12 Å². The molecule has 2 rings (SSSR count). The summed E-state index contributed by atoms with van der Waals surface area (Å²) in [5, 5.41) is 20.5. The molecule has 1 aromatic carbocycles. The molecule has 0 radical (unpaired) electrons. The Morgan fingerprint density at radius 2 is 2.14 bits per heavy atom. The Kier molecular flexibility index (Phi) is 2.37. The van der Waals surface area contributed by atoms with E-state index in [9.17, 15) is 4.79 Å². The first-order chi connectivity index (χ1) is 6.72. The zero-order valence-corrected chi connectivity index (χ0v) is 7.99. The van der Waals surface area contributed by atoms with E-state index in [4.69, 9.17) is 10.0 Å². The lowest BCUT2D eigenvalue weighted by atomic mass is 9.80. The van der Waals surface area contributed by atoms with Gasteiger partial charge in [-0.25, -0.2) is 0 Å². The molecule has 0 unspecified atom stereocenters. The minimum Gasteiger partial charge on any atom is -0.423 e. The summed E-state index contributed by atoms with van der Waals surface area (Å²) >= 11 is 1.42. The van der Waals surface area contributed by atoms with Gasteiger partial charge in [-0.05, 0) is 11.5 Å². The average Bonchev–Trinajstić information content (AvgIpc) is 2.59. The Labute approximate surface area is 84.8 Å². The van der Waals surface area contributed by atoms with E-state index in [0.717, 1.165) is 16.4 Å². The number of benzene rings is 1. The lowest BCUT2D eigenvalue weighted by molar-refractivity contribution is 0.112. The molecule has 0 saturated carbocycles. The lowest BCUT2D eigenvalue weighted by Gasteiger charge is -1.98. The Bertz CT molecular complexity index is 478. The topological polar surface area (TPSA) is 57.5 Å². The second-order valence-electron chi connectivity index (χ2n) is 2.94. The molecule has 14 heavy (non-hydrogen) atoms. The fraction of sp³-hybridized carbons (Fsp3) is 0. The van der Waals surface area contributed by atoms with E-state index in [2.05, 4.69) is 0 Å². The summed E-state index contributed by atoms with van der Waals surface area (Å²) in [6.07, 6.45) is 0.799. The molecule has 1 aromatic heterocycles. The molecule has 0 bridgehead atoms. The van der Waals surface area contributed by atoms with Crippen molar-refractivity contribution in [3.8, 4) is 0 Å². The van der Waals surface area contributed by atoms with E-state index in [1.54, 1.807) is 23.6 Å². The fourth-order valence-electron chi connectivity index (χ4n) is 1.32. The average molecular weight is 206 g/mol. The van der Waals surface area contributed by atoms with Gasteiger partial charge in [0, 0.05) is 21.0 Å². The monoisotopic (exact) mass is 206 g/mol. The van der Waals surface area contributed by atoms with Gasteiger partial charge < -0.3 is 10.0 Å². The summed E-state index contributed by atoms with van der Waals surface area (Å²) in [5.74, 6) is 0. The van der Waals surface area contributed by atoms with Crippen LogP contribution in [-0.4, -0.2) is 23.5 Å². The lowest BCUT2D eigenvalue weighted by Crippen LogP contribution is -2.29. The van der Waals surface area contributed by atoms with E-state index in [0.29, 0.717) is 11.0 Å². The Morgan fingerprint density at radius 1 is 1.36 bits per heavy atom. The van der Waals surface area contributed by atoms with Gasteiger partial charge in [0.2, 0.25) is 0 Å². The second kappa shape index (κ2) is 3.53. The zero-order chi connectivity index (χ0) is 10.1. The quantitative estimate of drug-likeness (QED) is 0.552. The number of thiophene rings is 1. The van der Waals surface area contributed by atoms with E-state index in [-0.39, 0.29) is 0 Å². The van der Waals surface area contributed by atoms with Gasteiger partial charge in [0.25, 0.3) is 0 Å². The molecule has 0 fully saturated rings. The number of carbonyl (C=O) groups excluding carboxylic acids is 1. The largest absolute Gasteiger partial charge is 0.488 e. The maximum absolute atomic E-state index is 10.6. The molecular formula is C9H7BO3S. The molecule has 0 aliphatic carbocycles. The highest BCUT2D eigenvalue weighted by Gasteiger charge is 2.12. The van der Waals surface area contributed by atoms with E-state index < -0.39 is 7.12 Å². The highest BCUT2D eigenvalue weighted by molar-refractivity contribution is 7.17. The Hall–Kier alpha value is -1.17. The van der Waals surface area contributed by atoms with Gasteiger partial charge in [-0.15, -0.1) is 11.3 Å².